The Labute approximate surface area is 123 Å². The van der Waals surface area contributed by atoms with Crippen LogP contribution in [0, 0.1) is 24.0 Å². The van der Waals surface area contributed by atoms with Crippen molar-refractivity contribution in [2.24, 2.45) is 0 Å². The van der Waals surface area contributed by atoms with Crippen LogP contribution in [0.3, 0.4) is 0 Å². The quantitative estimate of drug-likeness (QED) is 0.610. The molecular weight excluding hydrogens is 330 g/mol. The molecule has 0 fully saturated rings. The Balaban J connectivity index is 2.07. The molecular formula is C11H14BrN5O3. The first-order chi connectivity index (χ1) is 9.38. The molecule has 0 aliphatic carbocycles. The molecule has 20 heavy (non-hydrogen) atoms. The van der Waals surface area contributed by atoms with Gasteiger partial charge in [-0.05, 0) is 41.7 Å². The first-order valence-corrected chi connectivity index (χ1v) is 6.65. The van der Waals surface area contributed by atoms with E-state index in [0.29, 0.717) is 17.7 Å². The highest BCUT2D eigenvalue weighted by Crippen LogP contribution is 2.22. The van der Waals surface area contributed by atoms with Crippen LogP contribution >= 0.6 is 15.9 Å². The largest absolute Gasteiger partial charge is 0.404 e. The summed E-state index contributed by atoms with van der Waals surface area (Å²) in [7, 11) is 1.90. The molecule has 0 amide bonds. The van der Waals surface area contributed by atoms with Crippen LogP contribution in [-0.4, -0.2) is 31.8 Å². The Morgan fingerprint density at radius 3 is 2.75 bits per heavy atom. The molecule has 9 heteroatoms. The van der Waals surface area contributed by atoms with E-state index in [-0.39, 0.29) is 5.82 Å². The summed E-state index contributed by atoms with van der Waals surface area (Å²) in [5, 5.41) is 18.5. The van der Waals surface area contributed by atoms with Crippen molar-refractivity contribution in [1.82, 2.24) is 19.8 Å². The van der Waals surface area contributed by atoms with E-state index in [2.05, 4.69) is 26.2 Å². The SMILES string of the molecule is Cc1noc(C)c1CN(C)Cn1cc(Br)c([N+](=O)[O-])n1. The highest BCUT2D eigenvalue weighted by molar-refractivity contribution is 9.10. The summed E-state index contributed by atoms with van der Waals surface area (Å²) in [5.74, 6) is 0.595. The van der Waals surface area contributed by atoms with E-state index in [1.807, 2.05) is 25.8 Å². The molecule has 8 nitrogen and oxygen atoms in total. The van der Waals surface area contributed by atoms with Gasteiger partial charge < -0.3 is 14.6 Å². The van der Waals surface area contributed by atoms with Crippen molar-refractivity contribution in [2.45, 2.75) is 27.1 Å². The molecule has 0 saturated heterocycles. The van der Waals surface area contributed by atoms with Crippen molar-refractivity contribution in [3.05, 3.63) is 37.8 Å². The molecule has 108 valence electrons. The zero-order valence-corrected chi connectivity index (χ0v) is 12.9. The Kier molecular flexibility index (Phi) is 4.19. The van der Waals surface area contributed by atoms with E-state index in [9.17, 15) is 10.1 Å². The number of rotatable bonds is 5. The molecule has 0 N–H and O–H groups in total. The predicted octanol–water partition coefficient (Wildman–Crippen LogP) is 2.25. The molecule has 2 rings (SSSR count). The molecule has 0 aliphatic heterocycles. The Bertz CT molecular complexity index is 617. The standard InChI is InChI=1S/C11H14BrN5O3/c1-7-9(8(2)20-14-7)4-15(3)6-16-5-10(12)11(13-16)17(18)19/h5H,4,6H2,1-3H3. The number of halogens is 1. The maximum Gasteiger partial charge on any atom is 0.404 e. The summed E-state index contributed by atoms with van der Waals surface area (Å²) in [4.78, 5) is 12.2. The van der Waals surface area contributed by atoms with Crippen molar-refractivity contribution < 1.29 is 9.45 Å². The minimum Gasteiger partial charge on any atom is -0.361 e. The summed E-state index contributed by atoms with van der Waals surface area (Å²) in [5.41, 5.74) is 1.87. The van der Waals surface area contributed by atoms with Crippen molar-refractivity contribution in [2.75, 3.05) is 7.05 Å². The minimum atomic E-state index is -0.519. The van der Waals surface area contributed by atoms with Crippen LogP contribution in [0.1, 0.15) is 17.0 Å². The number of nitro groups is 1. The van der Waals surface area contributed by atoms with Crippen molar-refractivity contribution in [1.29, 1.82) is 0 Å². The van der Waals surface area contributed by atoms with Crippen LogP contribution < -0.4 is 0 Å². The summed E-state index contributed by atoms with van der Waals surface area (Å²) in [6.07, 6.45) is 1.59. The third-order valence-corrected chi connectivity index (χ3v) is 3.43. The van der Waals surface area contributed by atoms with Crippen molar-refractivity contribution in [3.8, 4) is 0 Å². The van der Waals surface area contributed by atoms with Crippen LogP contribution in [-0.2, 0) is 13.2 Å². The van der Waals surface area contributed by atoms with Crippen molar-refractivity contribution >= 4 is 21.7 Å². The summed E-state index contributed by atoms with van der Waals surface area (Å²) < 4.78 is 6.99. The van der Waals surface area contributed by atoms with Crippen LogP contribution in [0.4, 0.5) is 5.82 Å². The monoisotopic (exact) mass is 343 g/mol. The molecule has 2 aromatic heterocycles. The van der Waals surface area contributed by atoms with Crippen LogP contribution in [0.5, 0.6) is 0 Å². The first-order valence-electron chi connectivity index (χ1n) is 5.86. The summed E-state index contributed by atoms with van der Waals surface area (Å²) in [6.45, 7) is 4.80. The zero-order chi connectivity index (χ0) is 14.9. The average molecular weight is 344 g/mol. The van der Waals surface area contributed by atoms with Gasteiger partial charge in [-0.2, -0.15) is 4.68 Å². The fourth-order valence-corrected chi connectivity index (χ4v) is 2.34. The van der Waals surface area contributed by atoms with E-state index in [1.54, 1.807) is 6.20 Å². The molecule has 0 atom stereocenters. The Morgan fingerprint density at radius 2 is 2.25 bits per heavy atom. The normalized spacial score (nSPS) is 11.2. The second-order valence-corrected chi connectivity index (χ2v) is 5.41. The van der Waals surface area contributed by atoms with Gasteiger partial charge in [0, 0.05) is 12.1 Å². The van der Waals surface area contributed by atoms with Crippen LogP contribution in [0.15, 0.2) is 15.2 Å². The highest BCUT2D eigenvalue weighted by atomic mass is 79.9. The van der Waals surface area contributed by atoms with Gasteiger partial charge >= 0.3 is 5.82 Å². The second kappa shape index (κ2) is 5.71. The lowest BCUT2D eigenvalue weighted by Gasteiger charge is -2.14. The number of hydrogen-bond donors (Lipinski definition) is 0. The fraction of sp³-hybridized carbons (Fsp3) is 0.455. The van der Waals surface area contributed by atoms with Gasteiger partial charge in [-0.25, -0.2) is 0 Å². The molecule has 0 aromatic carbocycles. The average Bonchev–Trinajstić information content (AvgIpc) is 2.86. The predicted molar refractivity (Wildman–Crippen MR) is 74.0 cm³/mol. The maximum atomic E-state index is 10.7. The first kappa shape index (κ1) is 14.7. The van der Waals surface area contributed by atoms with Gasteiger partial charge in [0.05, 0.1) is 17.0 Å². The van der Waals surface area contributed by atoms with Gasteiger partial charge in [-0.3, -0.25) is 4.90 Å². The van der Waals surface area contributed by atoms with Gasteiger partial charge in [0.15, 0.2) is 0 Å². The molecule has 2 heterocycles. The molecule has 0 aliphatic rings. The zero-order valence-electron chi connectivity index (χ0n) is 11.3. The topological polar surface area (TPSA) is 90.2 Å². The van der Waals surface area contributed by atoms with E-state index in [0.717, 1.165) is 17.0 Å². The third-order valence-electron chi connectivity index (χ3n) is 2.87. The lowest BCUT2D eigenvalue weighted by Crippen LogP contribution is -2.22. The fourth-order valence-electron chi connectivity index (χ4n) is 1.88. The lowest BCUT2D eigenvalue weighted by atomic mass is 10.2. The van der Waals surface area contributed by atoms with Crippen LogP contribution in [0.25, 0.3) is 0 Å². The van der Waals surface area contributed by atoms with E-state index < -0.39 is 4.92 Å². The van der Waals surface area contributed by atoms with Gasteiger partial charge in [-0.15, -0.1) is 0 Å². The van der Waals surface area contributed by atoms with E-state index >= 15 is 0 Å². The van der Waals surface area contributed by atoms with E-state index in [1.165, 1.54) is 4.68 Å². The molecule has 0 spiro atoms. The Morgan fingerprint density at radius 1 is 1.55 bits per heavy atom. The molecule has 0 radical (unpaired) electrons. The minimum absolute atomic E-state index is 0.185. The van der Waals surface area contributed by atoms with Gasteiger partial charge in [0.2, 0.25) is 0 Å². The highest BCUT2D eigenvalue weighted by Gasteiger charge is 2.19. The van der Waals surface area contributed by atoms with Gasteiger partial charge in [-0.1, -0.05) is 5.16 Å². The number of nitrogens with zero attached hydrogens (tertiary/aromatic N) is 5. The summed E-state index contributed by atoms with van der Waals surface area (Å²) >= 11 is 3.12. The number of aryl methyl sites for hydroxylation is 2. The summed E-state index contributed by atoms with van der Waals surface area (Å²) in [6, 6.07) is 0. The smallest absolute Gasteiger partial charge is 0.361 e. The molecule has 2 aromatic rings. The number of aromatic nitrogens is 3. The molecule has 0 unspecified atom stereocenters. The Hall–Kier alpha value is -1.74. The number of hydrogen-bond acceptors (Lipinski definition) is 6. The maximum absolute atomic E-state index is 10.7. The van der Waals surface area contributed by atoms with Gasteiger partial charge in [0.25, 0.3) is 0 Å². The molecule has 0 bridgehead atoms. The van der Waals surface area contributed by atoms with Crippen molar-refractivity contribution in [3.63, 3.8) is 0 Å². The van der Waals surface area contributed by atoms with Crippen LogP contribution in [0.2, 0.25) is 0 Å². The lowest BCUT2D eigenvalue weighted by molar-refractivity contribution is -0.390. The third kappa shape index (κ3) is 3.05. The molecule has 0 saturated carbocycles. The van der Waals surface area contributed by atoms with Gasteiger partial charge in [0.1, 0.15) is 16.9 Å². The van der Waals surface area contributed by atoms with E-state index in [4.69, 9.17) is 4.52 Å². The second-order valence-electron chi connectivity index (χ2n) is 4.56.